The first kappa shape index (κ1) is 25.6. The number of rotatable bonds is 5. The molecule has 190 valence electrons. The summed E-state index contributed by atoms with van der Waals surface area (Å²) in [6.45, 7) is 5.69. The molecule has 0 aromatic carbocycles. The van der Waals surface area contributed by atoms with Crippen LogP contribution in [0.15, 0.2) is 12.4 Å². The zero-order chi connectivity index (χ0) is 24.6. The molecule has 2 aliphatic heterocycles. The van der Waals surface area contributed by atoms with Gasteiger partial charge in [0.25, 0.3) is 0 Å². The van der Waals surface area contributed by atoms with Gasteiger partial charge in [-0.1, -0.05) is 19.3 Å². The molecular weight excluding hydrogens is 487 g/mol. The van der Waals surface area contributed by atoms with Gasteiger partial charge in [0.2, 0.25) is 10.0 Å². The van der Waals surface area contributed by atoms with E-state index >= 15 is 0 Å². The molecule has 4 heterocycles. The maximum atomic E-state index is 12.6. The fourth-order valence-corrected chi connectivity index (χ4v) is 7.13. The largest absolute Gasteiger partial charge is 0.393 e. The summed E-state index contributed by atoms with van der Waals surface area (Å²) in [5, 5.41) is 0.745. The van der Waals surface area contributed by atoms with Crippen LogP contribution in [0.1, 0.15) is 43.9 Å². The zero-order valence-electron chi connectivity index (χ0n) is 19.6. The van der Waals surface area contributed by atoms with E-state index in [4.69, 9.17) is 0 Å². The first-order valence-corrected chi connectivity index (χ1v) is 14.2. The van der Waals surface area contributed by atoms with E-state index in [0.29, 0.717) is 15.1 Å². The molecule has 2 saturated heterocycles. The molecule has 0 unspecified atom stereocenters. The summed E-state index contributed by atoms with van der Waals surface area (Å²) in [5.74, 6) is 0.971. The molecule has 2 aromatic heterocycles. The fourth-order valence-electron chi connectivity index (χ4n) is 5.20. The Kier molecular flexibility index (Phi) is 7.42. The molecule has 7 nitrogen and oxygen atoms in total. The van der Waals surface area contributed by atoms with E-state index in [0.717, 1.165) is 74.4 Å². The molecule has 1 N–H and O–H groups in total. The minimum atomic E-state index is -4.19. The van der Waals surface area contributed by atoms with Crippen LogP contribution in [0.2, 0.25) is 0 Å². The molecule has 0 amide bonds. The highest BCUT2D eigenvalue weighted by Crippen LogP contribution is 2.43. The van der Waals surface area contributed by atoms with E-state index in [1.54, 1.807) is 13.0 Å². The second-order valence-corrected chi connectivity index (χ2v) is 13.0. The lowest BCUT2D eigenvalue weighted by Gasteiger charge is -2.60. The van der Waals surface area contributed by atoms with Crippen LogP contribution in [0.3, 0.4) is 0 Å². The van der Waals surface area contributed by atoms with Gasteiger partial charge in [0.05, 0.1) is 17.6 Å². The van der Waals surface area contributed by atoms with E-state index < -0.39 is 22.6 Å². The minimum absolute atomic E-state index is 0.198. The number of sulfonamides is 1. The number of thiophene rings is 1. The van der Waals surface area contributed by atoms with Crippen molar-refractivity contribution in [3.63, 3.8) is 0 Å². The van der Waals surface area contributed by atoms with Gasteiger partial charge in [-0.3, -0.25) is 0 Å². The molecule has 0 radical (unpaired) electrons. The Morgan fingerprint density at radius 1 is 1.15 bits per heavy atom. The van der Waals surface area contributed by atoms with Crippen molar-refractivity contribution in [3.05, 3.63) is 17.3 Å². The Balaban J connectivity index is 0.000000195. The van der Waals surface area contributed by atoms with Crippen LogP contribution >= 0.6 is 11.3 Å². The molecule has 1 aliphatic carbocycles. The number of nitrogens with one attached hydrogen (secondary N) is 1. The average Bonchev–Trinajstić information content (AvgIpc) is 3.11. The van der Waals surface area contributed by atoms with Crippen LogP contribution in [-0.4, -0.2) is 74.5 Å². The van der Waals surface area contributed by atoms with E-state index in [2.05, 4.69) is 31.5 Å². The number of nitrogens with zero attached hydrogens (tertiary/aromatic N) is 4. The van der Waals surface area contributed by atoms with Gasteiger partial charge < -0.3 is 9.80 Å². The summed E-state index contributed by atoms with van der Waals surface area (Å²) >= 11 is 1.10. The molecule has 0 bridgehead atoms. The highest BCUT2D eigenvalue weighted by Gasteiger charge is 2.51. The van der Waals surface area contributed by atoms with Crippen molar-refractivity contribution >= 4 is 37.4 Å². The standard InChI is InChI=1S/C14H15F3N4S.C8H17NO2S/c1-20-4-13(5-20)6-21(7-13)11-10-2-9(3-14(15,16)17)22-12(10)19-8-18-11;1-2-12(10,11)9-8-6-4-3-5-7-8/h2,8H,3-7H2,1H3;8-9H,2-7H2,1H3. The topological polar surface area (TPSA) is 78.4 Å². The highest BCUT2D eigenvalue weighted by molar-refractivity contribution is 7.89. The Bertz CT molecular complexity index is 1090. The van der Waals surface area contributed by atoms with E-state index in [9.17, 15) is 21.6 Å². The molecular formula is C22H32F3N5O2S2. The molecule has 1 saturated carbocycles. The molecule has 3 aliphatic rings. The number of hydrogen-bond acceptors (Lipinski definition) is 7. The minimum Gasteiger partial charge on any atom is -0.355 e. The van der Waals surface area contributed by atoms with Gasteiger partial charge in [0.1, 0.15) is 17.0 Å². The predicted octanol–water partition coefficient (Wildman–Crippen LogP) is 3.81. The molecule has 0 atom stereocenters. The number of anilines is 1. The van der Waals surface area contributed by atoms with Crippen molar-refractivity contribution in [1.29, 1.82) is 0 Å². The van der Waals surface area contributed by atoms with E-state index in [-0.39, 0.29) is 11.8 Å². The lowest BCUT2D eigenvalue weighted by molar-refractivity contribution is -0.126. The van der Waals surface area contributed by atoms with Gasteiger partial charge in [0, 0.05) is 42.5 Å². The molecule has 34 heavy (non-hydrogen) atoms. The SMILES string of the molecule is CCS(=O)(=O)NC1CCCCC1.CN1CC2(C1)CN(c1ncnc3sc(CC(F)(F)F)cc13)C2. The summed E-state index contributed by atoms with van der Waals surface area (Å²) in [6, 6.07) is 1.81. The Morgan fingerprint density at radius 3 is 2.41 bits per heavy atom. The Morgan fingerprint density at radius 2 is 1.82 bits per heavy atom. The summed E-state index contributed by atoms with van der Waals surface area (Å²) in [7, 11) is -0.873. The van der Waals surface area contributed by atoms with Crippen molar-refractivity contribution in [2.45, 2.75) is 57.7 Å². The lowest BCUT2D eigenvalue weighted by atomic mass is 9.73. The average molecular weight is 520 g/mol. The van der Waals surface area contributed by atoms with Crippen molar-refractivity contribution in [3.8, 4) is 0 Å². The summed E-state index contributed by atoms with van der Waals surface area (Å²) in [5.41, 5.74) is 0.358. The van der Waals surface area contributed by atoms with Crippen LogP contribution in [-0.2, 0) is 16.4 Å². The third kappa shape index (κ3) is 6.19. The third-order valence-corrected chi connectivity index (χ3v) is 9.12. The molecule has 5 rings (SSSR count). The first-order chi connectivity index (χ1) is 16.0. The molecule has 1 spiro atoms. The van der Waals surface area contributed by atoms with E-state index in [1.807, 2.05) is 0 Å². The van der Waals surface area contributed by atoms with Crippen LogP contribution in [0.5, 0.6) is 0 Å². The number of alkyl halides is 3. The highest BCUT2D eigenvalue weighted by atomic mass is 32.2. The Hall–Kier alpha value is -1.50. The summed E-state index contributed by atoms with van der Waals surface area (Å²) < 4.78 is 62.7. The summed E-state index contributed by atoms with van der Waals surface area (Å²) in [6.07, 6.45) is 1.97. The van der Waals surface area contributed by atoms with Crippen LogP contribution in [0.4, 0.5) is 19.0 Å². The zero-order valence-corrected chi connectivity index (χ0v) is 21.2. The maximum absolute atomic E-state index is 12.6. The number of halogens is 3. The first-order valence-electron chi connectivity index (χ1n) is 11.7. The number of aromatic nitrogens is 2. The van der Waals surface area contributed by atoms with Crippen LogP contribution < -0.4 is 9.62 Å². The fraction of sp³-hybridized carbons (Fsp3) is 0.727. The van der Waals surface area contributed by atoms with Crippen LogP contribution in [0.25, 0.3) is 10.2 Å². The van der Waals surface area contributed by atoms with Gasteiger partial charge in [-0.2, -0.15) is 13.2 Å². The van der Waals surface area contributed by atoms with Gasteiger partial charge in [-0.15, -0.1) is 11.3 Å². The van der Waals surface area contributed by atoms with Gasteiger partial charge in [0.15, 0.2) is 0 Å². The molecule has 3 fully saturated rings. The van der Waals surface area contributed by atoms with Crippen molar-refractivity contribution < 1.29 is 21.6 Å². The maximum Gasteiger partial charge on any atom is 0.393 e. The molecule has 2 aromatic rings. The van der Waals surface area contributed by atoms with Crippen molar-refractivity contribution in [1.82, 2.24) is 19.6 Å². The Labute approximate surface area is 202 Å². The van der Waals surface area contributed by atoms with Crippen molar-refractivity contribution in [2.24, 2.45) is 5.41 Å². The smallest absolute Gasteiger partial charge is 0.355 e. The second-order valence-electron chi connectivity index (χ2n) is 9.81. The van der Waals surface area contributed by atoms with Crippen LogP contribution in [0, 0.1) is 5.41 Å². The number of hydrogen-bond donors (Lipinski definition) is 1. The predicted molar refractivity (Wildman–Crippen MR) is 129 cm³/mol. The quantitative estimate of drug-likeness (QED) is 0.648. The molecule has 12 heteroatoms. The summed E-state index contributed by atoms with van der Waals surface area (Å²) in [4.78, 5) is 13.8. The van der Waals surface area contributed by atoms with Crippen molar-refractivity contribution in [2.75, 3.05) is 43.9 Å². The monoisotopic (exact) mass is 519 g/mol. The van der Waals surface area contributed by atoms with Gasteiger partial charge in [-0.05, 0) is 32.9 Å². The second kappa shape index (κ2) is 9.87. The normalized spacial score (nSPS) is 21.1. The number of fused-ring (bicyclic) bond motifs is 1. The van der Waals surface area contributed by atoms with Gasteiger partial charge in [-0.25, -0.2) is 23.1 Å². The number of likely N-dealkylation sites (tertiary alicyclic amines) is 1. The lowest BCUT2D eigenvalue weighted by Crippen LogP contribution is -2.71. The van der Waals surface area contributed by atoms with Gasteiger partial charge >= 0.3 is 6.18 Å². The van der Waals surface area contributed by atoms with E-state index in [1.165, 1.54) is 12.7 Å². The third-order valence-electron chi connectivity index (χ3n) is 6.63.